The van der Waals surface area contributed by atoms with E-state index in [-0.39, 0.29) is 18.2 Å². The lowest BCUT2D eigenvalue weighted by atomic mass is 9.80. The van der Waals surface area contributed by atoms with Crippen LogP contribution in [0.3, 0.4) is 0 Å². The van der Waals surface area contributed by atoms with E-state index in [4.69, 9.17) is 25.3 Å². The number of halogens is 1. The van der Waals surface area contributed by atoms with E-state index in [9.17, 15) is 8.42 Å². The summed E-state index contributed by atoms with van der Waals surface area (Å²) in [7, 11) is -4.24. The van der Waals surface area contributed by atoms with Gasteiger partial charge in [0.1, 0.15) is 29.9 Å². The van der Waals surface area contributed by atoms with Gasteiger partial charge in [0.25, 0.3) is 0 Å². The van der Waals surface area contributed by atoms with Crippen molar-refractivity contribution in [1.82, 2.24) is 28.5 Å². The minimum absolute atomic E-state index is 0.0997. The average Bonchev–Trinajstić information content (AvgIpc) is 3.84. The van der Waals surface area contributed by atoms with Crippen LogP contribution in [0.2, 0.25) is 5.15 Å². The molecule has 6 aromatic rings. The standard InChI is InChI=1S/C32H27ClN6O5S/c33-29-28-30(36-20-35-29)39(22-37-28)31-27(44-45(40,41)38-17-16-34-21-38)18-26(43-31)19-42-32(23-10-4-1-5-11-23,24-12-6-2-7-13-24)25-14-8-3-9-15-25/h1-17,20-22,26-27,31H,18-19H2/t26-,27+,31+/m0/s1. The molecule has 1 fully saturated rings. The Hall–Kier alpha value is -4.46. The van der Waals surface area contributed by atoms with E-state index < -0.39 is 34.3 Å². The Balaban J connectivity index is 1.26. The summed E-state index contributed by atoms with van der Waals surface area (Å²) in [6.45, 7) is 0.0997. The molecule has 3 atom stereocenters. The molecule has 0 saturated carbocycles. The van der Waals surface area contributed by atoms with E-state index in [1.165, 1.54) is 25.0 Å². The van der Waals surface area contributed by atoms with Crippen molar-refractivity contribution in [3.05, 3.63) is 144 Å². The van der Waals surface area contributed by atoms with E-state index in [1.807, 2.05) is 91.0 Å². The minimum Gasteiger partial charge on any atom is -0.358 e. The molecule has 0 radical (unpaired) electrons. The first-order chi connectivity index (χ1) is 22.0. The maximum atomic E-state index is 13.2. The normalized spacial score (nSPS) is 18.8. The van der Waals surface area contributed by atoms with Crippen LogP contribution in [0.1, 0.15) is 29.3 Å². The summed E-state index contributed by atoms with van der Waals surface area (Å²) in [6.07, 6.45) is 4.34. The van der Waals surface area contributed by atoms with Crippen LogP contribution < -0.4 is 0 Å². The highest BCUT2D eigenvalue weighted by Gasteiger charge is 2.44. The topological polar surface area (TPSA) is 123 Å². The van der Waals surface area contributed by atoms with Gasteiger partial charge in [0.2, 0.25) is 0 Å². The molecule has 0 spiro atoms. The molecule has 3 aromatic carbocycles. The number of hydrogen-bond acceptors (Lipinski definition) is 9. The van der Waals surface area contributed by atoms with Crippen molar-refractivity contribution in [3.8, 4) is 0 Å². The predicted molar refractivity (Wildman–Crippen MR) is 165 cm³/mol. The van der Waals surface area contributed by atoms with Gasteiger partial charge in [-0.05, 0) is 16.7 Å². The van der Waals surface area contributed by atoms with Crippen molar-refractivity contribution in [2.45, 2.75) is 30.5 Å². The zero-order valence-electron chi connectivity index (χ0n) is 23.7. The number of benzene rings is 3. The molecule has 7 rings (SSSR count). The minimum atomic E-state index is -4.24. The second-order valence-corrected chi connectivity index (χ2v) is 12.3. The predicted octanol–water partition coefficient (Wildman–Crippen LogP) is 5.15. The highest BCUT2D eigenvalue weighted by molar-refractivity contribution is 7.85. The zero-order chi connectivity index (χ0) is 30.9. The van der Waals surface area contributed by atoms with Crippen molar-refractivity contribution >= 4 is 33.1 Å². The molecule has 0 N–H and O–H groups in total. The first-order valence-corrected chi connectivity index (χ1v) is 15.9. The Labute approximate surface area is 264 Å². The van der Waals surface area contributed by atoms with Gasteiger partial charge in [-0.1, -0.05) is 103 Å². The van der Waals surface area contributed by atoms with Crippen LogP contribution in [0.4, 0.5) is 0 Å². The highest BCUT2D eigenvalue weighted by atomic mass is 35.5. The zero-order valence-corrected chi connectivity index (χ0v) is 25.3. The molecule has 45 heavy (non-hydrogen) atoms. The summed E-state index contributed by atoms with van der Waals surface area (Å²) < 4.78 is 48.2. The second kappa shape index (κ2) is 12.1. The monoisotopic (exact) mass is 642 g/mol. The number of ether oxygens (including phenoxy) is 2. The smallest absolute Gasteiger partial charge is 0.358 e. The van der Waals surface area contributed by atoms with Crippen LogP contribution in [-0.2, 0) is 29.6 Å². The van der Waals surface area contributed by atoms with E-state index in [1.54, 1.807) is 4.57 Å². The molecule has 13 heteroatoms. The molecule has 1 aliphatic heterocycles. The molecular formula is C32H27ClN6O5S. The first-order valence-electron chi connectivity index (χ1n) is 14.2. The van der Waals surface area contributed by atoms with E-state index >= 15 is 0 Å². The Bertz CT molecular complexity index is 1900. The van der Waals surface area contributed by atoms with Gasteiger partial charge in [-0.2, -0.15) is 8.42 Å². The number of nitrogens with zero attached hydrogens (tertiary/aromatic N) is 6. The molecule has 0 bridgehead atoms. The lowest BCUT2D eigenvalue weighted by Gasteiger charge is -2.36. The van der Waals surface area contributed by atoms with Gasteiger partial charge in [-0.15, -0.1) is 0 Å². The van der Waals surface area contributed by atoms with Crippen molar-refractivity contribution in [2.75, 3.05) is 6.61 Å². The van der Waals surface area contributed by atoms with Crippen molar-refractivity contribution in [2.24, 2.45) is 0 Å². The fourth-order valence-corrected chi connectivity index (χ4v) is 6.87. The maximum Gasteiger partial charge on any atom is 0.367 e. The number of aromatic nitrogens is 6. The van der Waals surface area contributed by atoms with Crippen molar-refractivity contribution < 1.29 is 22.1 Å². The molecule has 3 aromatic heterocycles. The molecule has 0 aliphatic carbocycles. The average molecular weight is 643 g/mol. The largest absolute Gasteiger partial charge is 0.367 e. The Morgan fingerprint density at radius 2 is 1.49 bits per heavy atom. The molecule has 0 unspecified atom stereocenters. The van der Waals surface area contributed by atoms with Crippen molar-refractivity contribution in [1.29, 1.82) is 0 Å². The molecule has 0 amide bonds. The van der Waals surface area contributed by atoms with Gasteiger partial charge in [0.15, 0.2) is 17.0 Å². The third-order valence-corrected chi connectivity index (χ3v) is 9.24. The van der Waals surface area contributed by atoms with Gasteiger partial charge >= 0.3 is 10.3 Å². The Morgan fingerprint density at radius 3 is 2.07 bits per heavy atom. The Morgan fingerprint density at radius 1 is 0.867 bits per heavy atom. The number of hydrogen-bond donors (Lipinski definition) is 0. The number of rotatable bonds is 10. The molecule has 228 valence electrons. The van der Waals surface area contributed by atoms with Gasteiger partial charge in [0.05, 0.1) is 19.0 Å². The van der Waals surface area contributed by atoms with E-state index in [2.05, 4.69) is 19.9 Å². The van der Waals surface area contributed by atoms with E-state index in [0.29, 0.717) is 11.2 Å². The van der Waals surface area contributed by atoms with Gasteiger partial charge in [-0.3, -0.25) is 4.57 Å². The summed E-state index contributed by atoms with van der Waals surface area (Å²) in [6, 6.07) is 29.9. The van der Waals surface area contributed by atoms with Crippen LogP contribution >= 0.6 is 11.6 Å². The number of fused-ring (bicyclic) bond motifs is 1. The second-order valence-electron chi connectivity index (χ2n) is 10.4. The number of imidazole rings is 2. The van der Waals surface area contributed by atoms with Gasteiger partial charge in [0, 0.05) is 18.8 Å². The summed E-state index contributed by atoms with van der Waals surface area (Å²) in [5, 5.41) is 0.165. The fraction of sp³-hybridized carbons (Fsp3) is 0.188. The third-order valence-electron chi connectivity index (χ3n) is 7.74. The Kier molecular flexibility index (Phi) is 7.90. The summed E-state index contributed by atoms with van der Waals surface area (Å²) in [4.78, 5) is 16.5. The molecular weight excluding hydrogens is 616 g/mol. The van der Waals surface area contributed by atoms with Crippen LogP contribution in [0.25, 0.3) is 11.2 Å². The maximum absolute atomic E-state index is 13.2. The molecule has 4 heterocycles. The third kappa shape index (κ3) is 5.51. The van der Waals surface area contributed by atoms with Crippen LogP contribution in [0.15, 0.2) is 122 Å². The SMILES string of the molecule is O=S(=O)(O[C@@H]1C[C@@H](COC(c2ccccc2)(c2ccccc2)c2ccccc2)O[C@H]1n1cnc2c(Cl)ncnc21)n1ccnc1. The lowest BCUT2D eigenvalue weighted by molar-refractivity contribution is -0.0830. The quantitative estimate of drug-likeness (QED) is 0.147. The summed E-state index contributed by atoms with van der Waals surface area (Å²) >= 11 is 6.27. The van der Waals surface area contributed by atoms with E-state index in [0.717, 1.165) is 27.0 Å². The molecule has 1 saturated heterocycles. The fourth-order valence-electron chi connectivity index (χ4n) is 5.74. The van der Waals surface area contributed by atoms with Crippen LogP contribution in [0, 0.1) is 0 Å². The van der Waals surface area contributed by atoms with Crippen LogP contribution in [0.5, 0.6) is 0 Å². The molecule has 1 aliphatic rings. The summed E-state index contributed by atoms with van der Waals surface area (Å²) in [5.41, 5.74) is 2.53. The highest BCUT2D eigenvalue weighted by Crippen LogP contribution is 2.42. The van der Waals surface area contributed by atoms with Gasteiger partial charge < -0.3 is 9.47 Å². The van der Waals surface area contributed by atoms with Crippen LogP contribution in [-0.4, -0.2) is 55.7 Å². The van der Waals surface area contributed by atoms with Crippen molar-refractivity contribution in [3.63, 3.8) is 0 Å². The first kappa shape index (κ1) is 29.3. The lowest BCUT2D eigenvalue weighted by Crippen LogP contribution is -2.35. The van der Waals surface area contributed by atoms with Gasteiger partial charge in [-0.25, -0.2) is 28.1 Å². The molecule has 11 nitrogen and oxygen atoms in total. The summed E-state index contributed by atoms with van der Waals surface area (Å²) in [5.74, 6) is 0.